The van der Waals surface area contributed by atoms with Crippen LogP contribution in [0.2, 0.25) is 0 Å². The fourth-order valence-corrected chi connectivity index (χ4v) is 3.75. The van der Waals surface area contributed by atoms with E-state index in [9.17, 15) is 4.79 Å². The zero-order valence-corrected chi connectivity index (χ0v) is 10.8. The average Bonchev–Trinajstić information content (AvgIpc) is 2.26. The fraction of sp³-hybridized carbons (Fsp3) is 0.467. The molecule has 2 aliphatic carbocycles. The minimum Gasteiger partial charge on any atom is -0.321 e. The molecule has 1 saturated carbocycles. The quantitative estimate of drug-likeness (QED) is 0.662. The number of dihydropyridines is 1. The zero-order chi connectivity index (χ0) is 12.9. The molecule has 3 rings (SSSR count). The smallest absolute Gasteiger partial charge is 0.269 e. The van der Waals surface area contributed by atoms with Crippen LogP contribution < -0.4 is 5.73 Å². The molecule has 1 fully saturated rings. The second-order valence-corrected chi connectivity index (χ2v) is 5.56. The fourth-order valence-electron chi connectivity index (χ4n) is 3.75. The summed E-state index contributed by atoms with van der Waals surface area (Å²) in [6, 6.07) is 0. The van der Waals surface area contributed by atoms with Crippen LogP contribution in [0.25, 0.3) is 0 Å². The highest BCUT2D eigenvalue weighted by molar-refractivity contribution is 6.06. The van der Waals surface area contributed by atoms with Gasteiger partial charge in [0.15, 0.2) is 0 Å². The first kappa shape index (κ1) is 11.6. The molecule has 0 radical (unpaired) electrons. The normalized spacial score (nSPS) is 40.4. The van der Waals surface area contributed by atoms with Crippen LogP contribution in [0.5, 0.6) is 0 Å². The molecule has 1 amide bonds. The molecule has 1 aliphatic heterocycles. The maximum Gasteiger partial charge on any atom is 0.269 e. The highest BCUT2D eigenvalue weighted by Crippen LogP contribution is 2.47. The summed E-state index contributed by atoms with van der Waals surface area (Å²) in [6.07, 6.45) is 9.62. The first-order valence-corrected chi connectivity index (χ1v) is 6.47. The Bertz CT molecular complexity index is 539. The Kier molecular flexibility index (Phi) is 2.42. The van der Waals surface area contributed by atoms with Crippen molar-refractivity contribution < 1.29 is 4.79 Å². The van der Waals surface area contributed by atoms with Gasteiger partial charge in [0.2, 0.25) is 0 Å². The van der Waals surface area contributed by atoms with Crippen molar-refractivity contribution in [2.45, 2.75) is 32.2 Å². The van der Waals surface area contributed by atoms with Gasteiger partial charge in [-0.25, -0.2) is 4.99 Å². The molecule has 2 unspecified atom stereocenters. The van der Waals surface area contributed by atoms with Gasteiger partial charge in [0.05, 0.1) is 5.54 Å². The van der Waals surface area contributed by atoms with Gasteiger partial charge in [-0.1, -0.05) is 23.8 Å². The van der Waals surface area contributed by atoms with Crippen LogP contribution in [-0.2, 0) is 4.79 Å². The standard InChI is InChI=1S/C15H18N2O/c1-3-11-10-6-9(2)8-15(11,16)12-4-5-14(18)17-13(12)7-10/h3-6,10,12H,7-8,16H2,1-2H3/t10?,12?,15-/m1/s1. The summed E-state index contributed by atoms with van der Waals surface area (Å²) in [4.78, 5) is 15.6. The summed E-state index contributed by atoms with van der Waals surface area (Å²) >= 11 is 0. The van der Waals surface area contributed by atoms with Crippen LogP contribution in [0.4, 0.5) is 0 Å². The molecular weight excluding hydrogens is 224 g/mol. The number of aliphatic imine (C=N–C) groups is 1. The van der Waals surface area contributed by atoms with Crippen molar-refractivity contribution in [2.75, 3.05) is 0 Å². The maximum absolute atomic E-state index is 11.4. The molecule has 3 atom stereocenters. The Hall–Kier alpha value is -1.48. The van der Waals surface area contributed by atoms with E-state index in [4.69, 9.17) is 5.73 Å². The molecule has 2 N–H and O–H groups in total. The van der Waals surface area contributed by atoms with E-state index < -0.39 is 0 Å². The Morgan fingerprint density at radius 1 is 1.56 bits per heavy atom. The van der Waals surface area contributed by atoms with Crippen LogP contribution in [0.1, 0.15) is 26.7 Å². The molecule has 0 aromatic rings. The van der Waals surface area contributed by atoms with Crippen LogP contribution >= 0.6 is 0 Å². The molecule has 0 saturated heterocycles. The second-order valence-electron chi connectivity index (χ2n) is 5.56. The molecule has 94 valence electrons. The number of amides is 1. The van der Waals surface area contributed by atoms with E-state index in [0.29, 0.717) is 5.92 Å². The number of carbonyl (C=O) groups is 1. The van der Waals surface area contributed by atoms with E-state index in [-0.39, 0.29) is 17.4 Å². The van der Waals surface area contributed by atoms with Crippen LogP contribution in [0.15, 0.2) is 40.4 Å². The van der Waals surface area contributed by atoms with Crippen molar-refractivity contribution >= 4 is 11.6 Å². The zero-order valence-electron chi connectivity index (χ0n) is 10.8. The number of rotatable bonds is 0. The molecular formula is C15H18N2O. The number of hydrogen-bond donors (Lipinski definition) is 1. The Labute approximate surface area is 107 Å². The van der Waals surface area contributed by atoms with Crippen LogP contribution in [0, 0.1) is 11.8 Å². The average molecular weight is 242 g/mol. The Morgan fingerprint density at radius 2 is 2.33 bits per heavy atom. The third-order valence-electron chi connectivity index (χ3n) is 4.33. The minimum atomic E-state index is -0.382. The van der Waals surface area contributed by atoms with E-state index in [1.807, 2.05) is 6.08 Å². The summed E-state index contributed by atoms with van der Waals surface area (Å²) in [5.74, 6) is 0.261. The van der Waals surface area contributed by atoms with Crippen molar-refractivity contribution in [3.05, 3.63) is 35.5 Å². The second kappa shape index (κ2) is 3.75. The summed E-state index contributed by atoms with van der Waals surface area (Å²) in [7, 11) is 0. The van der Waals surface area contributed by atoms with E-state index in [0.717, 1.165) is 18.6 Å². The molecule has 0 aromatic carbocycles. The molecule has 1 heterocycles. The topological polar surface area (TPSA) is 55.5 Å². The summed E-state index contributed by atoms with van der Waals surface area (Å²) in [5.41, 5.74) is 9.92. The monoisotopic (exact) mass is 242 g/mol. The lowest BCUT2D eigenvalue weighted by atomic mass is 9.58. The molecule has 3 aliphatic rings. The third-order valence-corrected chi connectivity index (χ3v) is 4.33. The molecule has 2 bridgehead atoms. The molecule has 0 spiro atoms. The summed E-state index contributed by atoms with van der Waals surface area (Å²) in [5, 5.41) is 0. The SMILES string of the molecule is CC=C1C2C=C(C)C[C@]1(N)C1C=CC(=O)N=C1C2. The van der Waals surface area contributed by atoms with E-state index in [1.54, 1.807) is 6.08 Å². The van der Waals surface area contributed by atoms with E-state index >= 15 is 0 Å². The van der Waals surface area contributed by atoms with Gasteiger partial charge in [-0.15, -0.1) is 0 Å². The lowest BCUT2D eigenvalue weighted by molar-refractivity contribution is -0.113. The third kappa shape index (κ3) is 1.47. The van der Waals surface area contributed by atoms with Gasteiger partial charge in [0, 0.05) is 23.6 Å². The van der Waals surface area contributed by atoms with Gasteiger partial charge in [-0.05, 0) is 32.3 Å². The van der Waals surface area contributed by atoms with Crippen molar-refractivity contribution in [2.24, 2.45) is 22.6 Å². The predicted molar refractivity (Wildman–Crippen MR) is 72.2 cm³/mol. The molecule has 18 heavy (non-hydrogen) atoms. The highest BCUT2D eigenvalue weighted by Gasteiger charge is 2.49. The molecule has 0 aromatic heterocycles. The van der Waals surface area contributed by atoms with Crippen molar-refractivity contribution in [1.29, 1.82) is 0 Å². The van der Waals surface area contributed by atoms with Crippen LogP contribution in [0.3, 0.4) is 0 Å². The maximum atomic E-state index is 11.4. The summed E-state index contributed by atoms with van der Waals surface area (Å²) in [6.45, 7) is 4.19. The Morgan fingerprint density at radius 3 is 3.06 bits per heavy atom. The van der Waals surface area contributed by atoms with Crippen LogP contribution in [-0.4, -0.2) is 17.2 Å². The van der Waals surface area contributed by atoms with Gasteiger partial charge >= 0.3 is 0 Å². The van der Waals surface area contributed by atoms with Gasteiger partial charge in [-0.2, -0.15) is 0 Å². The van der Waals surface area contributed by atoms with Gasteiger partial charge < -0.3 is 5.73 Å². The lowest BCUT2D eigenvalue weighted by Gasteiger charge is -2.49. The predicted octanol–water partition coefficient (Wildman–Crippen LogP) is 2.15. The highest BCUT2D eigenvalue weighted by atomic mass is 16.1. The van der Waals surface area contributed by atoms with Crippen molar-refractivity contribution in [3.8, 4) is 0 Å². The summed E-state index contributed by atoms with van der Waals surface area (Å²) < 4.78 is 0. The first-order chi connectivity index (χ1) is 8.54. The Balaban J connectivity index is 2.15. The van der Waals surface area contributed by atoms with Gasteiger partial charge in [0.25, 0.3) is 5.91 Å². The first-order valence-electron chi connectivity index (χ1n) is 6.47. The van der Waals surface area contributed by atoms with E-state index in [2.05, 4.69) is 31.0 Å². The minimum absolute atomic E-state index is 0.0845. The van der Waals surface area contributed by atoms with Gasteiger partial charge in [0.1, 0.15) is 0 Å². The number of allylic oxidation sites excluding steroid dienone is 2. The molecule has 3 nitrogen and oxygen atoms in total. The number of carbonyl (C=O) groups excluding carboxylic acids is 1. The van der Waals surface area contributed by atoms with Crippen molar-refractivity contribution in [1.82, 2.24) is 0 Å². The number of nitrogens with two attached hydrogens (primary N) is 1. The van der Waals surface area contributed by atoms with E-state index in [1.165, 1.54) is 11.1 Å². The lowest BCUT2D eigenvalue weighted by Crippen LogP contribution is -2.58. The number of fused-ring (bicyclic) bond motifs is 4. The molecule has 3 heteroatoms. The van der Waals surface area contributed by atoms with Gasteiger partial charge in [-0.3, -0.25) is 4.79 Å². The largest absolute Gasteiger partial charge is 0.321 e. The number of hydrogen-bond acceptors (Lipinski definition) is 2. The van der Waals surface area contributed by atoms with Crippen molar-refractivity contribution in [3.63, 3.8) is 0 Å². The number of nitrogens with zero attached hydrogens (tertiary/aromatic N) is 1.